The molecule has 1 unspecified atom stereocenters. The summed E-state index contributed by atoms with van der Waals surface area (Å²) in [5, 5.41) is 7.38. The maximum absolute atomic E-state index is 13.1. The van der Waals surface area contributed by atoms with E-state index >= 15 is 0 Å². The highest BCUT2D eigenvalue weighted by Gasteiger charge is 2.36. The third-order valence-corrected chi connectivity index (χ3v) is 6.63. The summed E-state index contributed by atoms with van der Waals surface area (Å²) in [5.41, 5.74) is 3.25. The van der Waals surface area contributed by atoms with Crippen LogP contribution in [-0.2, 0) is 0 Å². The van der Waals surface area contributed by atoms with Crippen LogP contribution in [0, 0.1) is 5.92 Å². The average Bonchev–Trinajstić information content (AvgIpc) is 3.35. The van der Waals surface area contributed by atoms with Crippen molar-refractivity contribution in [3.63, 3.8) is 0 Å². The van der Waals surface area contributed by atoms with Gasteiger partial charge < -0.3 is 19.3 Å². The molecule has 3 aromatic rings. The number of amides is 2. The van der Waals surface area contributed by atoms with E-state index in [1.807, 2.05) is 43.5 Å². The molecule has 0 fully saturated rings. The van der Waals surface area contributed by atoms with Crippen molar-refractivity contribution in [2.24, 2.45) is 5.92 Å². The molecule has 1 aliphatic heterocycles. The predicted octanol–water partition coefficient (Wildman–Crippen LogP) is 5.63. The first-order chi connectivity index (χ1) is 16.9. The lowest BCUT2D eigenvalue weighted by Gasteiger charge is -2.36. The molecule has 0 radical (unpaired) electrons. The Bertz CT molecular complexity index is 1240. The highest BCUT2D eigenvalue weighted by molar-refractivity contribution is 7.98. The molecule has 9 heteroatoms. The van der Waals surface area contributed by atoms with Gasteiger partial charge in [0.05, 0.1) is 25.8 Å². The molecule has 1 aliphatic rings. The van der Waals surface area contributed by atoms with E-state index in [4.69, 9.17) is 19.0 Å². The molecular formula is C26H30N4O4S. The van der Waals surface area contributed by atoms with Gasteiger partial charge in [-0.05, 0) is 55.0 Å². The van der Waals surface area contributed by atoms with E-state index in [2.05, 4.69) is 24.3 Å². The van der Waals surface area contributed by atoms with Crippen LogP contribution in [0.15, 0.2) is 57.6 Å². The molecule has 2 amide bonds. The minimum absolute atomic E-state index is 0.140. The number of nitrogens with zero attached hydrogens (tertiary/aromatic N) is 3. The number of rotatable bonds is 8. The van der Waals surface area contributed by atoms with Crippen LogP contribution < -0.4 is 14.8 Å². The van der Waals surface area contributed by atoms with E-state index in [0.29, 0.717) is 35.7 Å². The van der Waals surface area contributed by atoms with Crippen molar-refractivity contribution < 1.29 is 18.8 Å². The van der Waals surface area contributed by atoms with Crippen molar-refractivity contribution in [3.8, 4) is 22.9 Å². The monoisotopic (exact) mass is 494 g/mol. The SMILES string of the molecule is COc1ccc(-c2noc(C3=C(C)N(CC(C)C)C(=O)NC3c3ccc(SC)cc3)n2)cc1OC. The second-order valence-electron chi connectivity index (χ2n) is 8.65. The largest absolute Gasteiger partial charge is 0.493 e. The number of urea groups is 1. The van der Waals surface area contributed by atoms with Crippen LogP contribution in [0.2, 0.25) is 0 Å². The zero-order valence-corrected chi connectivity index (χ0v) is 21.6. The van der Waals surface area contributed by atoms with Crippen molar-refractivity contribution in [2.75, 3.05) is 27.0 Å². The zero-order valence-electron chi connectivity index (χ0n) is 20.8. The van der Waals surface area contributed by atoms with E-state index < -0.39 is 6.04 Å². The standard InChI is InChI=1S/C26H30N4O4S/c1-15(2)14-30-16(3)22(23(27-26(30)31)17-7-10-19(35-6)11-8-17)25-28-24(29-34-25)18-9-12-20(32-4)21(13-18)33-5/h7-13,15,23H,14H2,1-6H3,(H,27,31). The molecule has 4 rings (SSSR count). The molecule has 0 spiro atoms. The summed E-state index contributed by atoms with van der Waals surface area (Å²) >= 11 is 1.67. The summed E-state index contributed by atoms with van der Waals surface area (Å²) in [6.45, 7) is 6.67. The van der Waals surface area contributed by atoms with Gasteiger partial charge in [0.15, 0.2) is 11.5 Å². The summed E-state index contributed by atoms with van der Waals surface area (Å²) in [6, 6.07) is 13.0. The number of hydrogen-bond acceptors (Lipinski definition) is 7. The number of thioether (sulfide) groups is 1. The van der Waals surface area contributed by atoms with Crippen LogP contribution in [0.25, 0.3) is 17.0 Å². The number of carbonyl (C=O) groups excluding carboxylic acids is 1. The van der Waals surface area contributed by atoms with Crippen LogP contribution in [-0.4, -0.2) is 48.1 Å². The number of allylic oxidation sites excluding steroid dienone is 1. The number of benzene rings is 2. The summed E-state index contributed by atoms with van der Waals surface area (Å²) in [6.07, 6.45) is 2.03. The number of nitrogens with one attached hydrogen (secondary N) is 1. The number of ether oxygens (including phenoxy) is 2. The Morgan fingerprint density at radius 3 is 2.46 bits per heavy atom. The van der Waals surface area contributed by atoms with Gasteiger partial charge in [-0.2, -0.15) is 4.98 Å². The Labute approximate surface area is 209 Å². The summed E-state index contributed by atoms with van der Waals surface area (Å²) < 4.78 is 16.5. The number of carbonyl (C=O) groups is 1. The van der Waals surface area contributed by atoms with Gasteiger partial charge in [-0.25, -0.2) is 4.79 Å². The fourth-order valence-corrected chi connectivity index (χ4v) is 4.52. The second kappa shape index (κ2) is 10.4. The summed E-state index contributed by atoms with van der Waals surface area (Å²) in [5.74, 6) is 2.27. The lowest BCUT2D eigenvalue weighted by atomic mass is 9.94. The Hall–Kier alpha value is -3.46. The molecule has 1 aromatic heterocycles. The minimum Gasteiger partial charge on any atom is -0.493 e. The zero-order chi connectivity index (χ0) is 25.1. The van der Waals surface area contributed by atoms with Gasteiger partial charge in [-0.3, -0.25) is 4.90 Å². The predicted molar refractivity (Wildman–Crippen MR) is 136 cm³/mol. The maximum Gasteiger partial charge on any atom is 0.322 e. The average molecular weight is 495 g/mol. The molecule has 184 valence electrons. The van der Waals surface area contributed by atoms with Crippen molar-refractivity contribution in [3.05, 3.63) is 59.6 Å². The topological polar surface area (TPSA) is 89.7 Å². The van der Waals surface area contributed by atoms with Gasteiger partial charge in [-0.15, -0.1) is 11.8 Å². The molecule has 35 heavy (non-hydrogen) atoms. The molecule has 2 aromatic carbocycles. The number of hydrogen-bond donors (Lipinski definition) is 1. The van der Waals surface area contributed by atoms with Crippen LogP contribution in [0.3, 0.4) is 0 Å². The third-order valence-electron chi connectivity index (χ3n) is 5.89. The van der Waals surface area contributed by atoms with E-state index in [-0.39, 0.29) is 6.03 Å². The van der Waals surface area contributed by atoms with Crippen LogP contribution >= 0.6 is 11.8 Å². The lowest BCUT2D eigenvalue weighted by Crippen LogP contribution is -2.47. The van der Waals surface area contributed by atoms with Gasteiger partial charge >= 0.3 is 6.03 Å². The van der Waals surface area contributed by atoms with Crippen LogP contribution in [0.4, 0.5) is 4.79 Å². The van der Waals surface area contributed by atoms with Gasteiger partial charge in [-0.1, -0.05) is 31.1 Å². The second-order valence-corrected chi connectivity index (χ2v) is 9.53. The molecule has 0 aliphatic carbocycles. The van der Waals surface area contributed by atoms with Crippen molar-refractivity contribution in [2.45, 2.75) is 31.7 Å². The quantitative estimate of drug-likeness (QED) is 0.406. The minimum atomic E-state index is -0.416. The first-order valence-electron chi connectivity index (χ1n) is 11.4. The van der Waals surface area contributed by atoms with Crippen LogP contribution in [0.1, 0.15) is 38.3 Å². The van der Waals surface area contributed by atoms with Crippen molar-refractivity contribution in [1.29, 1.82) is 0 Å². The molecule has 0 saturated carbocycles. The fraction of sp³-hybridized carbons (Fsp3) is 0.346. The van der Waals surface area contributed by atoms with Gasteiger partial charge in [0.2, 0.25) is 5.82 Å². The smallest absolute Gasteiger partial charge is 0.322 e. The lowest BCUT2D eigenvalue weighted by molar-refractivity contribution is 0.199. The number of methoxy groups -OCH3 is 2. The summed E-state index contributed by atoms with van der Waals surface area (Å²) in [7, 11) is 3.17. The normalized spacial score (nSPS) is 16.0. The van der Waals surface area contributed by atoms with Crippen molar-refractivity contribution >= 4 is 23.4 Å². The Morgan fingerprint density at radius 1 is 1.11 bits per heavy atom. The van der Waals surface area contributed by atoms with Gasteiger partial charge in [0, 0.05) is 22.7 Å². The Balaban J connectivity index is 1.79. The molecule has 1 atom stereocenters. The highest BCUT2D eigenvalue weighted by atomic mass is 32.2. The molecule has 0 bridgehead atoms. The van der Waals surface area contributed by atoms with E-state index in [0.717, 1.165) is 27.3 Å². The van der Waals surface area contributed by atoms with Gasteiger partial charge in [0.25, 0.3) is 5.89 Å². The Kier molecular flexibility index (Phi) is 7.35. The fourth-order valence-electron chi connectivity index (χ4n) is 4.12. The molecule has 1 N–H and O–H groups in total. The molecule has 8 nitrogen and oxygen atoms in total. The molecule has 2 heterocycles. The van der Waals surface area contributed by atoms with Crippen molar-refractivity contribution in [1.82, 2.24) is 20.4 Å². The molecule has 0 saturated heterocycles. The maximum atomic E-state index is 13.1. The molecular weight excluding hydrogens is 464 g/mol. The van der Waals surface area contributed by atoms with E-state index in [9.17, 15) is 4.79 Å². The first kappa shape index (κ1) is 24.7. The first-order valence-corrected chi connectivity index (χ1v) is 12.6. The van der Waals surface area contributed by atoms with E-state index in [1.54, 1.807) is 43.0 Å². The Morgan fingerprint density at radius 2 is 1.83 bits per heavy atom. The van der Waals surface area contributed by atoms with E-state index in [1.165, 1.54) is 0 Å². The van der Waals surface area contributed by atoms with Crippen LogP contribution in [0.5, 0.6) is 11.5 Å². The van der Waals surface area contributed by atoms with Gasteiger partial charge in [0.1, 0.15) is 0 Å². The highest BCUT2D eigenvalue weighted by Crippen LogP contribution is 2.38. The summed E-state index contributed by atoms with van der Waals surface area (Å²) in [4.78, 5) is 20.7. The third kappa shape index (κ3) is 5.00. The number of aromatic nitrogens is 2.